The molecule has 0 spiro atoms. The number of amides is 1. The summed E-state index contributed by atoms with van der Waals surface area (Å²) in [6.45, 7) is 8.77. The standard InChI is InChI=1S/C22H23F2N3OS/c1-22(2,3)15-6-4-14(5-7-15)20(28)26-8-10-27(11-9-26)21-25-19-17(24)12-16(23)13-18(19)29-21/h4-7,12-13H,8-11H2,1-3H3. The summed E-state index contributed by atoms with van der Waals surface area (Å²) in [7, 11) is 0. The van der Waals surface area contributed by atoms with Crippen LogP contribution in [0.3, 0.4) is 0 Å². The van der Waals surface area contributed by atoms with E-state index in [0.29, 0.717) is 41.6 Å². The van der Waals surface area contributed by atoms with Crippen molar-refractivity contribution < 1.29 is 13.6 Å². The first-order valence-electron chi connectivity index (χ1n) is 9.63. The minimum atomic E-state index is -0.644. The Kier molecular flexibility index (Phi) is 5.02. The van der Waals surface area contributed by atoms with Gasteiger partial charge < -0.3 is 9.80 Å². The molecule has 1 aliphatic heterocycles. The molecule has 3 aromatic rings. The molecule has 1 amide bonds. The number of thiazole rings is 1. The highest BCUT2D eigenvalue weighted by atomic mass is 32.1. The highest BCUT2D eigenvalue weighted by molar-refractivity contribution is 7.22. The van der Waals surface area contributed by atoms with Crippen molar-refractivity contribution in [3.8, 4) is 0 Å². The van der Waals surface area contributed by atoms with Crippen LogP contribution in [0.25, 0.3) is 10.2 Å². The summed E-state index contributed by atoms with van der Waals surface area (Å²) >= 11 is 1.27. The lowest BCUT2D eigenvalue weighted by molar-refractivity contribution is 0.0746. The van der Waals surface area contributed by atoms with Gasteiger partial charge in [-0.3, -0.25) is 4.79 Å². The summed E-state index contributed by atoms with van der Waals surface area (Å²) in [4.78, 5) is 21.0. The van der Waals surface area contributed by atoms with E-state index in [4.69, 9.17) is 0 Å². The van der Waals surface area contributed by atoms with E-state index < -0.39 is 11.6 Å². The van der Waals surface area contributed by atoms with Crippen molar-refractivity contribution in [1.82, 2.24) is 9.88 Å². The third-order valence-electron chi connectivity index (χ3n) is 5.24. The lowest BCUT2D eigenvalue weighted by Crippen LogP contribution is -2.48. The fourth-order valence-corrected chi connectivity index (χ4v) is 4.53. The van der Waals surface area contributed by atoms with E-state index in [1.807, 2.05) is 34.1 Å². The molecule has 29 heavy (non-hydrogen) atoms. The van der Waals surface area contributed by atoms with Crippen LogP contribution in [-0.4, -0.2) is 42.0 Å². The number of carbonyl (C=O) groups excluding carboxylic acids is 1. The van der Waals surface area contributed by atoms with Crippen molar-refractivity contribution in [1.29, 1.82) is 0 Å². The Balaban J connectivity index is 1.44. The van der Waals surface area contributed by atoms with E-state index in [2.05, 4.69) is 25.8 Å². The molecular weight excluding hydrogens is 392 g/mol. The van der Waals surface area contributed by atoms with Gasteiger partial charge in [-0.25, -0.2) is 13.8 Å². The topological polar surface area (TPSA) is 36.4 Å². The normalized spacial score (nSPS) is 15.2. The fraction of sp³-hybridized carbons (Fsp3) is 0.364. The molecule has 0 bridgehead atoms. The molecule has 4 rings (SSSR count). The largest absolute Gasteiger partial charge is 0.345 e. The first-order chi connectivity index (χ1) is 13.7. The Morgan fingerprint density at radius 2 is 1.69 bits per heavy atom. The van der Waals surface area contributed by atoms with Gasteiger partial charge in [-0.15, -0.1) is 0 Å². The SMILES string of the molecule is CC(C)(C)c1ccc(C(=O)N2CCN(c3nc4c(F)cc(F)cc4s3)CC2)cc1. The number of halogens is 2. The number of carbonyl (C=O) groups is 1. The summed E-state index contributed by atoms with van der Waals surface area (Å²) < 4.78 is 27.8. The zero-order valence-corrected chi connectivity index (χ0v) is 17.5. The van der Waals surface area contributed by atoms with Crippen LogP contribution in [0.15, 0.2) is 36.4 Å². The van der Waals surface area contributed by atoms with Crippen molar-refractivity contribution in [3.63, 3.8) is 0 Å². The number of rotatable bonds is 2. The highest BCUT2D eigenvalue weighted by Crippen LogP contribution is 2.31. The molecule has 2 heterocycles. The average Bonchev–Trinajstić information content (AvgIpc) is 3.11. The minimum absolute atomic E-state index is 0.0162. The van der Waals surface area contributed by atoms with E-state index in [0.717, 1.165) is 6.07 Å². The maximum Gasteiger partial charge on any atom is 0.253 e. The summed E-state index contributed by atoms with van der Waals surface area (Å²) in [6, 6.07) is 9.96. The predicted molar refractivity (Wildman–Crippen MR) is 113 cm³/mol. The van der Waals surface area contributed by atoms with Crippen molar-refractivity contribution in [3.05, 3.63) is 59.2 Å². The molecule has 7 heteroatoms. The fourth-order valence-electron chi connectivity index (χ4n) is 3.48. The number of nitrogens with zero attached hydrogens (tertiary/aromatic N) is 3. The molecule has 0 N–H and O–H groups in total. The van der Waals surface area contributed by atoms with Crippen LogP contribution in [0, 0.1) is 11.6 Å². The Morgan fingerprint density at radius 1 is 1.03 bits per heavy atom. The van der Waals surface area contributed by atoms with E-state index in [1.54, 1.807) is 0 Å². The maximum absolute atomic E-state index is 13.9. The molecular formula is C22H23F2N3OS. The van der Waals surface area contributed by atoms with Gasteiger partial charge in [0.1, 0.15) is 11.3 Å². The summed E-state index contributed by atoms with van der Waals surface area (Å²) in [5, 5.41) is 0.658. The first-order valence-corrected chi connectivity index (χ1v) is 10.4. The second-order valence-corrected chi connectivity index (χ2v) is 9.35. The van der Waals surface area contributed by atoms with Crippen LogP contribution < -0.4 is 4.90 Å². The van der Waals surface area contributed by atoms with Crippen LogP contribution in [0.2, 0.25) is 0 Å². The molecule has 4 nitrogen and oxygen atoms in total. The number of anilines is 1. The van der Waals surface area contributed by atoms with Crippen molar-refractivity contribution >= 4 is 32.6 Å². The summed E-state index contributed by atoms with van der Waals surface area (Å²) in [6.07, 6.45) is 0. The third kappa shape index (κ3) is 3.96. The molecule has 1 fully saturated rings. The Morgan fingerprint density at radius 3 is 2.31 bits per heavy atom. The zero-order valence-electron chi connectivity index (χ0n) is 16.7. The number of aromatic nitrogens is 1. The second-order valence-electron chi connectivity index (χ2n) is 8.34. The van der Waals surface area contributed by atoms with E-state index in [1.165, 1.54) is 23.0 Å². The van der Waals surface area contributed by atoms with Gasteiger partial charge in [-0.2, -0.15) is 0 Å². The van der Waals surface area contributed by atoms with Gasteiger partial charge in [0.05, 0.1) is 4.70 Å². The number of hydrogen-bond acceptors (Lipinski definition) is 4. The van der Waals surface area contributed by atoms with Gasteiger partial charge >= 0.3 is 0 Å². The monoisotopic (exact) mass is 415 g/mol. The number of piperazine rings is 1. The van der Waals surface area contributed by atoms with Gasteiger partial charge in [-0.05, 0) is 29.2 Å². The van der Waals surface area contributed by atoms with Crippen LogP contribution in [-0.2, 0) is 5.41 Å². The van der Waals surface area contributed by atoms with Crippen LogP contribution in [0.5, 0.6) is 0 Å². The van der Waals surface area contributed by atoms with Crippen LogP contribution >= 0.6 is 11.3 Å². The Hall–Kier alpha value is -2.54. The van der Waals surface area contributed by atoms with E-state index in [9.17, 15) is 13.6 Å². The van der Waals surface area contributed by atoms with Crippen molar-refractivity contribution in [2.75, 3.05) is 31.1 Å². The van der Waals surface area contributed by atoms with Gasteiger partial charge in [0.2, 0.25) is 0 Å². The highest BCUT2D eigenvalue weighted by Gasteiger charge is 2.25. The number of fused-ring (bicyclic) bond motifs is 1. The molecule has 1 saturated heterocycles. The van der Waals surface area contributed by atoms with Crippen LogP contribution in [0.4, 0.5) is 13.9 Å². The minimum Gasteiger partial charge on any atom is -0.345 e. The molecule has 1 aliphatic rings. The van der Waals surface area contributed by atoms with Crippen molar-refractivity contribution in [2.45, 2.75) is 26.2 Å². The predicted octanol–water partition coefficient (Wildman–Crippen LogP) is 4.83. The summed E-state index contributed by atoms with van der Waals surface area (Å²) in [5.41, 5.74) is 2.12. The lowest BCUT2D eigenvalue weighted by Gasteiger charge is -2.34. The Labute approximate surface area is 172 Å². The molecule has 0 atom stereocenters. The van der Waals surface area contributed by atoms with E-state index >= 15 is 0 Å². The average molecular weight is 416 g/mol. The molecule has 1 aromatic heterocycles. The molecule has 0 saturated carbocycles. The van der Waals surface area contributed by atoms with Crippen molar-refractivity contribution in [2.24, 2.45) is 0 Å². The van der Waals surface area contributed by atoms with Gasteiger partial charge in [-0.1, -0.05) is 44.2 Å². The number of hydrogen-bond donors (Lipinski definition) is 0. The zero-order chi connectivity index (χ0) is 20.8. The third-order valence-corrected chi connectivity index (χ3v) is 6.30. The maximum atomic E-state index is 13.9. The first kappa shape index (κ1) is 19.8. The molecule has 0 radical (unpaired) electrons. The summed E-state index contributed by atoms with van der Waals surface area (Å²) in [5.74, 6) is -1.23. The molecule has 152 valence electrons. The van der Waals surface area contributed by atoms with Gasteiger partial charge in [0.15, 0.2) is 10.9 Å². The van der Waals surface area contributed by atoms with Gasteiger partial charge in [0.25, 0.3) is 5.91 Å². The second kappa shape index (κ2) is 7.37. The van der Waals surface area contributed by atoms with E-state index in [-0.39, 0.29) is 16.8 Å². The molecule has 0 aliphatic carbocycles. The lowest BCUT2D eigenvalue weighted by atomic mass is 9.86. The smallest absolute Gasteiger partial charge is 0.253 e. The number of benzene rings is 2. The van der Waals surface area contributed by atoms with Crippen LogP contribution in [0.1, 0.15) is 36.7 Å². The molecule has 2 aromatic carbocycles. The quantitative estimate of drug-likeness (QED) is 0.601. The molecule has 0 unspecified atom stereocenters. The van der Waals surface area contributed by atoms with Gasteiger partial charge in [0, 0.05) is 37.8 Å². The Bertz CT molecular complexity index is 1050.